The van der Waals surface area contributed by atoms with E-state index >= 15 is 0 Å². The summed E-state index contributed by atoms with van der Waals surface area (Å²) in [7, 11) is 0. The lowest BCUT2D eigenvalue weighted by Gasteiger charge is -1.96. The molecule has 2 N–H and O–H groups in total. The van der Waals surface area contributed by atoms with Gasteiger partial charge in [0.2, 0.25) is 0 Å². The minimum absolute atomic E-state index is 0.444. The van der Waals surface area contributed by atoms with Gasteiger partial charge in [-0.25, -0.2) is 0 Å². The zero-order chi connectivity index (χ0) is 7.28. The topological polar surface area (TPSA) is 26.0 Å². The van der Waals surface area contributed by atoms with Gasteiger partial charge in [-0.1, -0.05) is 46.9 Å². The van der Waals surface area contributed by atoms with Gasteiger partial charge in [-0.3, -0.25) is 0 Å². The predicted octanol–water partition coefficient (Wildman–Crippen LogP) is 1.88. The van der Waals surface area contributed by atoms with Crippen molar-refractivity contribution in [1.82, 2.24) is 0 Å². The summed E-state index contributed by atoms with van der Waals surface area (Å²) in [6.45, 7) is 6.40. The molecule has 1 unspecified atom stereocenters. The second-order valence-electron chi connectivity index (χ2n) is 1.96. The van der Waals surface area contributed by atoms with Crippen LogP contribution < -0.4 is 5.73 Å². The van der Waals surface area contributed by atoms with Gasteiger partial charge >= 0.3 is 0 Å². The highest BCUT2D eigenvalue weighted by Crippen LogP contribution is 2.01. The zero-order valence-electron chi connectivity index (χ0n) is 5.60. The standard InChI is InChI=1S/C7H12IN/c1-6(2)3-4-7(8)5-9/h3-4,7H,1,5,9H2,2H3/b4-3-. The quantitative estimate of drug-likeness (QED) is 0.452. The molecule has 0 fully saturated rings. The van der Waals surface area contributed by atoms with Gasteiger partial charge in [0.25, 0.3) is 0 Å². The SMILES string of the molecule is C=C(C)/C=C\C(I)CN. The molecule has 2 heteroatoms. The molecule has 0 aliphatic carbocycles. The van der Waals surface area contributed by atoms with Crippen LogP contribution in [0.3, 0.4) is 0 Å². The lowest BCUT2D eigenvalue weighted by molar-refractivity contribution is 1.05. The van der Waals surface area contributed by atoms with Crippen LogP contribution in [-0.4, -0.2) is 10.5 Å². The maximum absolute atomic E-state index is 5.37. The molecule has 52 valence electrons. The zero-order valence-corrected chi connectivity index (χ0v) is 7.76. The second-order valence-corrected chi connectivity index (χ2v) is 3.56. The van der Waals surface area contributed by atoms with Crippen LogP contribution >= 0.6 is 22.6 Å². The lowest BCUT2D eigenvalue weighted by Crippen LogP contribution is -2.09. The van der Waals surface area contributed by atoms with E-state index in [0.717, 1.165) is 5.57 Å². The summed E-state index contributed by atoms with van der Waals surface area (Å²) < 4.78 is 0.444. The summed E-state index contributed by atoms with van der Waals surface area (Å²) in [5, 5.41) is 0. The molecule has 0 bridgehead atoms. The van der Waals surface area contributed by atoms with E-state index in [1.807, 2.05) is 13.0 Å². The molecule has 1 nitrogen and oxygen atoms in total. The summed E-state index contributed by atoms with van der Waals surface area (Å²) in [5.41, 5.74) is 6.44. The van der Waals surface area contributed by atoms with Crippen LogP contribution in [0, 0.1) is 0 Å². The van der Waals surface area contributed by atoms with Crippen LogP contribution in [0.1, 0.15) is 6.92 Å². The van der Waals surface area contributed by atoms with Crippen molar-refractivity contribution in [3.63, 3.8) is 0 Å². The maximum Gasteiger partial charge on any atom is 0.0415 e. The summed E-state index contributed by atoms with van der Waals surface area (Å²) in [4.78, 5) is 0. The van der Waals surface area contributed by atoms with Crippen molar-refractivity contribution in [3.05, 3.63) is 24.3 Å². The highest BCUT2D eigenvalue weighted by atomic mass is 127. The fraction of sp³-hybridized carbons (Fsp3) is 0.429. The highest BCUT2D eigenvalue weighted by Gasteiger charge is 1.90. The van der Waals surface area contributed by atoms with Crippen LogP contribution in [0.5, 0.6) is 0 Å². The van der Waals surface area contributed by atoms with Gasteiger partial charge in [-0.2, -0.15) is 0 Å². The van der Waals surface area contributed by atoms with Crippen molar-refractivity contribution < 1.29 is 0 Å². The first-order chi connectivity index (χ1) is 4.16. The Morgan fingerprint density at radius 3 is 2.78 bits per heavy atom. The molecule has 0 amide bonds. The van der Waals surface area contributed by atoms with Gasteiger partial charge in [0.05, 0.1) is 0 Å². The summed E-state index contributed by atoms with van der Waals surface area (Å²) in [5.74, 6) is 0. The van der Waals surface area contributed by atoms with Crippen molar-refractivity contribution in [2.24, 2.45) is 5.73 Å². The Hall–Kier alpha value is 0.170. The Morgan fingerprint density at radius 2 is 2.44 bits per heavy atom. The summed E-state index contributed by atoms with van der Waals surface area (Å²) in [6, 6.07) is 0. The summed E-state index contributed by atoms with van der Waals surface area (Å²) >= 11 is 2.29. The molecule has 0 spiro atoms. The average molecular weight is 237 g/mol. The third kappa shape index (κ3) is 6.05. The molecule has 0 radical (unpaired) electrons. The summed E-state index contributed by atoms with van der Waals surface area (Å²) in [6.07, 6.45) is 4.05. The van der Waals surface area contributed by atoms with Gasteiger partial charge in [0, 0.05) is 10.5 Å². The van der Waals surface area contributed by atoms with Crippen molar-refractivity contribution >= 4 is 22.6 Å². The van der Waals surface area contributed by atoms with Crippen LogP contribution in [0.2, 0.25) is 0 Å². The van der Waals surface area contributed by atoms with E-state index in [0.29, 0.717) is 10.5 Å². The predicted molar refractivity (Wildman–Crippen MR) is 50.8 cm³/mol. The van der Waals surface area contributed by atoms with Crippen molar-refractivity contribution in [3.8, 4) is 0 Å². The molecule has 0 aromatic heterocycles. The average Bonchev–Trinajstić information content (AvgIpc) is 1.83. The molecular formula is C7H12IN. The van der Waals surface area contributed by atoms with Crippen molar-refractivity contribution in [1.29, 1.82) is 0 Å². The van der Waals surface area contributed by atoms with Gasteiger partial charge in [0.15, 0.2) is 0 Å². The van der Waals surface area contributed by atoms with Gasteiger partial charge < -0.3 is 5.73 Å². The third-order valence-electron chi connectivity index (χ3n) is 0.815. The number of alkyl halides is 1. The van der Waals surface area contributed by atoms with Crippen LogP contribution in [-0.2, 0) is 0 Å². The fourth-order valence-electron chi connectivity index (χ4n) is 0.347. The molecular weight excluding hydrogens is 225 g/mol. The Morgan fingerprint density at radius 1 is 1.89 bits per heavy atom. The number of hydrogen-bond acceptors (Lipinski definition) is 1. The Labute approximate surface area is 70.2 Å². The maximum atomic E-state index is 5.37. The molecule has 0 aromatic rings. The minimum atomic E-state index is 0.444. The molecule has 0 saturated carbocycles. The van der Waals surface area contributed by atoms with E-state index in [1.54, 1.807) is 0 Å². The smallest absolute Gasteiger partial charge is 0.0415 e. The largest absolute Gasteiger partial charge is 0.329 e. The molecule has 0 rings (SSSR count). The van der Waals surface area contributed by atoms with Gasteiger partial charge in [0.1, 0.15) is 0 Å². The third-order valence-corrected chi connectivity index (χ3v) is 1.74. The Kier molecular flexibility index (Phi) is 5.09. The van der Waals surface area contributed by atoms with Crippen molar-refractivity contribution in [2.75, 3.05) is 6.54 Å². The second kappa shape index (κ2) is 4.99. The van der Waals surface area contributed by atoms with Crippen LogP contribution in [0.25, 0.3) is 0 Å². The van der Waals surface area contributed by atoms with E-state index in [1.165, 1.54) is 0 Å². The minimum Gasteiger partial charge on any atom is -0.329 e. The van der Waals surface area contributed by atoms with E-state index in [2.05, 4.69) is 35.2 Å². The van der Waals surface area contributed by atoms with Crippen molar-refractivity contribution in [2.45, 2.75) is 10.8 Å². The first kappa shape index (κ1) is 9.17. The molecule has 0 aromatic carbocycles. The first-order valence-corrected chi connectivity index (χ1v) is 4.09. The van der Waals surface area contributed by atoms with Gasteiger partial charge in [-0.05, 0) is 6.92 Å². The normalized spacial score (nSPS) is 14.1. The molecule has 0 saturated heterocycles. The van der Waals surface area contributed by atoms with E-state index in [4.69, 9.17) is 5.73 Å². The molecule has 0 heterocycles. The molecule has 1 atom stereocenters. The highest BCUT2D eigenvalue weighted by molar-refractivity contribution is 14.1. The number of allylic oxidation sites excluding steroid dienone is 2. The Bertz CT molecular complexity index is 118. The van der Waals surface area contributed by atoms with Crippen LogP contribution in [0.4, 0.5) is 0 Å². The first-order valence-electron chi connectivity index (χ1n) is 2.84. The molecule has 0 aliphatic rings. The number of hydrogen-bond donors (Lipinski definition) is 1. The van der Waals surface area contributed by atoms with E-state index in [-0.39, 0.29) is 0 Å². The number of halogens is 1. The lowest BCUT2D eigenvalue weighted by atomic mass is 10.3. The fourth-order valence-corrected chi connectivity index (χ4v) is 0.555. The van der Waals surface area contributed by atoms with E-state index < -0.39 is 0 Å². The number of nitrogens with two attached hydrogens (primary N) is 1. The Balaban J connectivity index is 3.56. The monoisotopic (exact) mass is 237 g/mol. The molecule has 0 aliphatic heterocycles. The number of rotatable bonds is 3. The van der Waals surface area contributed by atoms with Crippen LogP contribution in [0.15, 0.2) is 24.3 Å². The van der Waals surface area contributed by atoms with E-state index in [9.17, 15) is 0 Å². The van der Waals surface area contributed by atoms with Gasteiger partial charge in [-0.15, -0.1) is 0 Å². The molecule has 9 heavy (non-hydrogen) atoms.